The fourth-order valence-corrected chi connectivity index (χ4v) is 8.03. The molecule has 50 heavy (non-hydrogen) atoms. The van der Waals surface area contributed by atoms with Gasteiger partial charge < -0.3 is 8.83 Å². The van der Waals surface area contributed by atoms with Crippen LogP contribution in [0.4, 0.5) is 0 Å². The topological polar surface area (TPSA) is 39.2 Å². The molecule has 9 aromatic carbocycles. The van der Waals surface area contributed by atoms with Crippen LogP contribution in [0.1, 0.15) is 0 Å². The first-order valence-electron chi connectivity index (χ1n) is 17.0. The number of furan rings is 1. The van der Waals surface area contributed by atoms with Crippen LogP contribution in [0.2, 0.25) is 0 Å². The maximum Gasteiger partial charge on any atom is 0.227 e. The molecular weight excluding hydrogens is 611 g/mol. The summed E-state index contributed by atoms with van der Waals surface area (Å²) >= 11 is 0. The normalized spacial score (nSPS) is 12.0. The summed E-state index contributed by atoms with van der Waals surface area (Å²) in [5, 5.41) is 11.7. The molecule has 0 aliphatic heterocycles. The van der Waals surface area contributed by atoms with Gasteiger partial charge in [-0.15, -0.1) is 0 Å². The van der Waals surface area contributed by atoms with Gasteiger partial charge in [0.2, 0.25) is 5.89 Å². The van der Waals surface area contributed by atoms with Crippen LogP contribution in [0, 0.1) is 0 Å². The second-order valence-corrected chi connectivity index (χ2v) is 13.0. The van der Waals surface area contributed by atoms with Crippen molar-refractivity contribution in [1.82, 2.24) is 4.98 Å². The molecule has 3 heteroatoms. The van der Waals surface area contributed by atoms with Crippen LogP contribution < -0.4 is 0 Å². The van der Waals surface area contributed by atoms with E-state index in [-0.39, 0.29) is 0 Å². The van der Waals surface area contributed by atoms with Crippen LogP contribution in [-0.2, 0) is 0 Å². The fourth-order valence-electron chi connectivity index (χ4n) is 8.03. The summed E-state index contributed by atoms with van der Waals surface area (Å²) in [5.74, 6) is 0.638. The van der Waals surface area contributed by atoms with E-state index >= 15 is 0 Å². The van der Waals surface area contributed by atoms with E-state index in [0.717, 1.165) is 60.3 Å². The van der Waals surface area contributed by atoms with Gasteiger partial charge in [-0.25, -0.2) is 4.98 Å². The Balaban J connectivity index is 1.14. The summed E-state index contributed by atoms with van der Waals surface area (Å²) < 4.78 is 12.6. The van der Waals surface area contributed by atoms with Crippen LogP contribution in [0.15, 0.2) is 173 Å². The Hall–Kier alpha value is -6.71. The summed E-state index contributed by atoms with van der Waals surface area (Å²) in [5.41, 5.74) is 9.25. The van der Waals surface area contributed by atoms with Crippen molar-refractivity contribution in [2.24, 2.45) is 0 Å². The highest BCUT2D eigenvalue weighted by Gasteiger charge is 2.19. The minimum atomic E-state index is 0.638. The van der Waals surface area contributed by atoms with E-state index in [1.54, 1.807) is 0 Å². The lowest BCUT2D eigenvalue weighted by Gasteiger charge is -2.18. The minimum absolute atomic E-state index is 0.638. The molecule has 0 amide bonds. The highest BCUT2D eigenvalue weighted by molar-refractivity contribution is 6.23. The van der Waals surface area contributed by atoms with Crippen molar-refractivity contribution in [3.63, 3.8) is 0 Å². The van der Waals surface area contributed by atoms with Crippen LogP contribution in [0.25, 0.3) is 110 Å². The Morgan fingerprint density at radius 2 is 0.900 bits per heavy atom. The predicted octanol–water partition coefficient (Wildman–Crippen LogP) is 13.3. The van der Waals surface area contributed by atoms with E-state index in [4.69, 9.17) is 13.8 Å². The third-order valence-electron chi connectivity index (χ3n) is 10.3. The van der Waals surface area contributed by atoms with Gasteiger partial charge in [0, 0.05) is 21.7 Å². The molecular formula is C47H27NO2. The second kappa shape index (κ2) is 10.4. The van der Waals surface area contributed by atoms with Crippen LogP contribution >= 0.6 is 0 Å². The number of aromatic nitrogens is 1. The van der Waals surface area contributed by atoms with Gasteiger partial charge in [0.1, 0.15) is 16.7 Å². The zero-order valence-corrected chi connectivity index (χ0v) is 26.9. The van der Waals surface area contributed by atoms with Gasteiger partial charge in [0.25, 0.3) is 0 Å². The largest absolute Gasteiger partial charge is 0.456 e. The maximum atomic E-state index is 6.34. The summed E-state index contributed by atoms with van der Waals surface area (Å²) in [4.78, 5) is 5.02. The molecule has 0 saturated heterocycles. The lowest BCUT2D eigenvalue weighted by Crippen LogP contribution is -1.91. The van der Waals surface area contributed by atoms with Crippen LogP contribution in [0.5, 0.6) is 0 Å². The van der Waals surface area contributed by atoms with E-state index in [1.807, 2.05) is 48.5 Å². The molecule has 232 valence electrons. The lowest BCUT2D eigenvalue weighted by molar-refractivity contribution is 0.620. The highest BCUT2D eigenvalue weighted by atomic mass is 16.3. The number of nitrogens with zero attached hydrogens (tertiary/aromatic N) is 1. The Morgan fingerprint density at radius 3 is 1.62 bits per heavy atom. The monoisotopic (exact) mass is 637 g/mol. The Morgan fingerprint density at radius 1 is 0.340 bits per heavy atom. The zero-order chi connectivity index (χ0) is 32.8. The molecule has 0 fully saturated rings. The van der Waals surface area contributed by atoms with Gasteiger partial charge in [0.05, 0.1) is 0 Å². The van der Waals surface area contributed by atoms with Gasteiger partial charge >= 0.3 is 0 Å². The number of hydrogen-bond acceptors (Lipinski definition) is 3. The predicted molar refractivity (Wildman–Crippen MR) is 208 cm³/mol. The molecule has 0 unspecified atom stereocenters. The molecule has 11 aromatic rings. The van der Waals surface area contributed by atoms with Gasteiger partial charge in [-0.05, 0) is 102 Å². The molecule has 0 saturated carbocycles. The number of rotatable bonds is 3. The molecule has 0 aliphatic rings. The third-order valence-corrected chi connectivity index (χ3v) is 10.3. The summed E-state index contributed by atoms with van der Waals surface area (Å²) in [6.45, 7) is 0. The molecule has 0 atom stereocenters. The number of benzene rings is 9. The Kier molecular flexibility index (Phi) is 5.67. The average molecular weight is 638 g/mol. The van der Waals surface area contributed by atoms with Crippen molar-refractivity contribution in [3.05, 3.63) is 164 Å². The standard InChI is InChI=1S/C47H27NO2/c1-2-10-29(11-3-1)47-48-46-41(50-47)25-22-28-18-19-30-26-31(20-23-33(30)45(28)46)43-36-13-4-6-15-38(36)44(39-16-7-5-14-37(39)43)32-21-24-35-34-12-8-9-17-40(34)49-42(35)27-32/h1-27H. The quantitative estimate of drug-likeness (QED) is 0.143. The van der Waals surface area contributed by atoms with Crippen molar-refractivity contribution in [2.45, 2.75) is 0 Å². The molecule has 0 N–H and O–H groups in total. The first-order chi connectivity index (χ1) is 24.8. The molecule has 0 radical (unpaired) electrons. The van der Waals surface area contributed by atoms with Crippen molar-refractivity contribution in [2.75, 3.05) is 0 Å². The number of fused-ring (bicyclic) bond motifs is 10. The van der Waals surface area contributed by atoms with Crippen molar-refractivity contribution >= 4 is 76.1 Å². The summed E-state index contributed by atoms with van der Waals surface area (Å²) in [7, 11) is 0. The third kappa shape index (κ3) is 3.95. The molecule has 0 bridgehead atoms. The summed E-state index contributed by atoms with van der Waals surface area (Å²) in [6.07, 6.45) is 0. The molecule has 3 nitrogen and oxygen atoms in total. The first-order valence-corrected chi connectivity index (χ1v) is 17.0. The molecule has 2 aromatic heterocycles. The van der Waals surface area contributed by atoms with Crippen LogP contribution in [0.3, 0.4) is 0 Å². The number of para-hydroxylation sites is 1. The molecule has 0 spiro atoms. The van der Waals surface area contributed by atoms with Gasteiger partial charge in [-0.2, -0.15) is 0 Å². The van der Waals surface area contributed by atoms with E-state index in [1.165, 1.54) is 43.6 Å². The first kappa shape index (κ1) is 27.3. The second-order valence-electron chi connectivity index (χ2n) is 13.0. The van der Waals surface area contributed by atoms with Gasteiger partial charge in [0.15, 0.2) is 5.58 Å². The van der Waals surface area contributed by atoms with E-state index in [2.05, 4.69) is 115 Å². The number of hydrogen-bond donors (Lipinski definition) is 0. The smallest absolute Gasteiger partial charge is 0.227 e. The Bertz CT molecular complexity index is 3090. The highest BCUT2D eigenvalue weighted by Crippen LogP contribution is 2.45. The molecule has 0 aliphatic carbocycles. The molecule has 2 heterocycles. The SMILES string of the molecule is c1ccc(-c2nc3c(ccc4ccc5cc(-c6c7ccccc7c(-c7ccc8c(c7)oc7ccccc78)c7ccccc67)ccc5c43)o2)cc1. The zero-order valence-electron chi connectivity index (χ0n) is 26.9. The van der Waals surface area contributed by atoms with Gasteiger partial charge in [-0.1, -0.05) is 121 Å². The van der Waals surface area contributed by atoms with E-state index in [0.29, 0.717) is 5.89 Å². The Labute approximate surface area is 286 Å². The average Bonchev–Trinajstić information content (AvgIpc) is 3.78. The van der Waals surface area contributed by atoms with Crippen LogP contribution in [-0.4, -0.2) is 4.98 Å². The van der Waals surface area contributed by atoms with Crippen molar-refractivity contribution in [1.29, 1.82) is 0 Å². The maximum absolute atomic E-state index is 6.34. The van der Waals surface area contributed by atoms with Crippen molar-refractivity contribution < 1.29 is 8.83 Å². The van der Waals surface area contributed by atoms with Gasteiger partial charge in [-0.3, -0.25) is 0 Å². The van der Waals surface area contributed by atoms with Crippen molar-refractivity contribution in [3.8, 4) is 33.7 Å². The minimum Gasteiger partial charge on any atom is -0.456 e. The van der Waals surface area contributed by atoms with E-state index < -0.39 is 0 Å². The van der Waals surface area contributed by atoms with E-state index in [9.17, 15) is 0 Å². The fraction of sp³-hybridized carbons (Fsp3) is 0. The molecule has 11 rings (SSSR count). The summed E-state index contributed by atoms with van der Waals surface area (Å²) in [6, 6.07) is 58.1. The number of oxazole rings is 1. The lowest BCUT2D eigenvalue weighted by atomic mass is 9.85.